The van der Waals surface area contributed by atoms with Gasteiger partial charge in [0.25, 0.3) is 0 Å². The van der Waals surface area contributed by atoms with Gasteiger partial charge in [0.1, 0.15) is 0 Å². The molecular formula is C20H19N3O5. The standard InChI is InChI=1S/C16H17N3O.C4H2O4/c1-19(2)14-8-4-7-12-15(14)11-6-3-5-10(16(17)20)9-13(11)18-12;5-3(6)1-2-4(7)8/h3-5,7-9,18H,6H2,1-2H3,(H2,17,20);(H,5,6)(H,7,8). The minimum Gasteiger partial charge on any atom is -0.472 e. The number of carbonyl (C=O) groups is 3. The zero-order chi connectivity index (χ0) is 20.8. The lowest BCUT2D eigenvalue weighted by Crippen LogP contribution is -2.12. The summed E-state index contributed by atoms with van der Waals surface area (Å²) in [6.07, 6.45) is 6.40. The van der Waals surface area contributed by atoms with E-state index < -0.39 is 17.8 Å². The first-order valence-electron chi connectivity index (χ1n) is 8.17. The molecule has 3 rings (SSSR count). The normalized spacial score (nSPS) is 11.7. The van der Waals surface area contributed by atoms with Gasteiger partial charge in [0, 0.05) is 53.8 Å². The van der Waals surface area contributed by atoms with Gasteiger partial charge in [0.05, 0.1) is 0 Å². The number of nitrogens with two attached hydrogens (primary N) is 1. The Hall–Kier alpha value is -3.99. The van der Waals surface area contributed by atoms with Crippen molar-refractivity contribution >= 4 is 40.5 Å². The number of allylic oxidation sites excluding steroid dienone is 1. The second-order valence-corrected chi connectivity index (χ2v) is 6.04. The lowest BCUT2D eigenvalue weighted by Gasteiger charge is -2.14. The molecule has 0 saturated heterocycles. The van der Waals surface area contributed by atoms with Gasteiger partial charge in [-0.15, -0.1) is 0 Å². The summed E-state index contributed by atoms with van der Waals surface area (Å²) in [6.45, 7) is 0. The number of rotatable bonds is 2. The summed E-state index contributed by atoms with van der Waals surface area (Å²) in [6, 6.07) is 6.18. The van der Waals surface area contributed by atoms with Gasteiger partial charge < -0.3 is 25.8 Å². The Balaban J connectivity index is 0.000000300. The first kappa shape index (κ1) is 20.3. The number of carboxylic acid groups (broad SMARTS) is 2. The third kappa shape index (κ3) is 4.80. The summed E-state index contributed by atoms with van der Waals surface area (Å²) in [7, 11) is 4.07. The zero-order valence-corrected chi connectivity index (χ0v) is 15.3. The highest BCUT2D eigenvalue weighted by Crippen LogP contribution is 2.33. The van der Waals surface area contributed by atoms with Gasteiger partial charge >= 0.3 is 11.9 Å². The van der Waals surface area contributed by atoms with E-state index in [-0.39, 0.29) is 0 Å². The number of hydrogen-bond donors (Lipinski definition) is 4. The van der Waals surface area contributed by atoms with E-state index in [9.17, 15) is 14.4 Å². The van der Waals surface area contributed by atoms with E-state index in [2.05, 4.69) is 22.0 Å². The number of anilines is 1. The molecule has 1 aromatic heterocycles. The van der Waals surface area contributed by atoms with Gasteiger partial charge in [-0.3, -0.25) is 4.79 Å². The quantitative estimate of drug-likeness (QED) is 0.580. The molecule has 0 bridgehead atoms. The van der Waals surface area contributed by atoms with Crippen molar-refractivity contribution in [3.05, 3.63) is 47.2 Å². The fourth-order valence-electron chi connectivity index (χ4n) is 2.79. The third-order valence-electron chi connectivity index (χ3n) is 3.90. The van der Waals surface area contributed by atoms with E-state index in [1.54, 1.807) is 6.08 Å². The molecule has 0 spiro atoms. The van der Waals surface area contributed by atoms with Crippen LogP contribution in [0.2, 0.25) is 0 Å². The fourth-order valence-corrected chi connectivity index (χ4v) is 2.79. The summed E-state index contributed by atoms with van der Waals surface area (Å²) in [5.74, 6) is -0.453. The number of primary amides is 1. The van der Waals surface area contributed by atoms with E-state index in [1.807, 2.05) is 32.3 Å². The highest BCUT2D eigenvalue weighted by Gasteiger charge is 2.16. The van der Waals surface area contributed by atoms with Crippen LogP contribution in [0.3, 0.4) is 0 Å². The number of amides is 1. The van der Waals surface area contributed by atoms with E-state index in [4.69, 9.17) is 15.9 Å². The number of carboxylic acids is 2. The molecule has 28 heavy (non-hydrogen) atoms. The van der Waals surface area contributed by atoms with Crippen LogP contribution < -0.4 is 10.6 Å². The van der Waals surface area contributed by atoms with Gasteiger partial charge in [0.2, 0.25) is 5.91 Å². The Labute approximate surface area is 160 Å². The molecule has 1 aromatic carbocycles. The Morgan fingerprint density at radius 3 is 2.32 bits per heavy atom. The number of fused-ring (bicyclic) bond motifs is 3. The number of carbonyl (C=O) groups excluding carboxylic acids is 1. The molecule has 2 aromatic rings. The monoisotopic (exact) mass is 381 g/mol. The first-order valence-corrected chi connectivity index (χ1v) is 8.17. The molecule has 1 amide bonds. The van der Waals surface area contributed by atoms with Crippen molar-refractivity contribution in [2.45, 2.75) is 6.42 Å². The molecule has 1 aliphatic rings. The van der Waals surface area contributed by atoms with Crippen molar-refractivity contribution in [3.63, 3.8) is 0 Å². The zero-order valence-electron chi connectivity index (χ0n) is 15.3. The van der Waals surface area contributed by atoms with E-state index in [0.717, 1.165) is 17.6 Å². The van der Waals surface area contributed by atoms with Gasteiger partial charge in [-0.25, -0.2) is 9.59 Å². The topological polar surface area (TPSA) is 137 Å². The number of aromatic nitrogens is 1. The molecule has 0 radical (unpaired) electrons. The van der Waals surface area contributed by atoms with Crippen LogP contribution >= 0.6 is 0 Å². The Kier molecular flexibility index (Phi) is 6.24. The van der Waals surface area contributed by atoms with Crippen molar-refractivity contribution < 1.29 is 24.6 Å². The maximum absolute atomic E-state index is 11.4. The molecule has 5 N–H and O–H groups in total. The predicted octanol–water partition coefficient (Wildman–Crippen LogP) is 1.37. The number of benzene rings is 1. The van der Waals surface area contributed by atoms with Crippen LogP contribution in [0.4, 0.5) is 5.69 Å². The third-order valence-corrected chi connectivity index (χ3v) is 3.90. The second kappa shape index (κ2) is 8.60. The molecule has 8 nitrogen and oxygen atoms in total. The highest BCUT2D eigenvalue weighted by molar-refractivity contribution is 6.03. The van der Waals surface area contributed by atoms with Crippen LogP contribution in [0.1, 0.15) is 11.3 Å². The maximum Gasteiger partial charge on any atom is 0.382 e. The van der Waals surface area contributed by atoms with Crippen molar-refractivity contribution in [2.24, 2.45) is 5.73 Å². The van der Waals surface area contributed by atoms with Crippen LogP contribution in [0.25, 0.3) is 17.0 Å². The van der Waals surface area contributed by atoms with Crippen molar-refractivity contribution in [2.75, 3.05) is 19.0 Å². The number of H-pyrrole nitrogens is 1. The molecule has 0 unspecified atom stereocenters. The Bertz CT molecular complexity index is 1050. The lowest BCUT2D eigenvalue weighted by atomic mass is 10.1. The summed E-state index contributed by atoms with van der Waals surface area (Å²) in [5, 5.41) is 16.7. The van der Waals surface area contributed by atoms with Gasteiger partial charge in [-0.1, -0.05) is 18.2 Å². The minimum absolute atomic E-state index is 0.402. The van der Waals surface area contributed by atoms with Gasteiger partial charge in [0.15, 0.2) is 0 Å². The Morgan fingerprint density at radius 2 is 1.79 bits per heavy atom. The SMILES string of the molecule is CN(C)c1cccc2[nH]c3c(c12)CC=CC(C(N)=O)=C3.O=C(O)C#CC(=O)O. The average Bonchev–Trinajstić information content (AvgIpc) is 2.83. The number of aliphatic carboxylic acids is 2. The summed E-state index contributed by atoms with van der Waals surface area (Å²) in [4.78, 5) is 35.8. The molecule has 1 heterocycles. The summed E-state index contributed by atoms with van der Waals surface area (Å²) >= 11 is 0. The minimum atomic E-state index is -1.44. The van der Waals surface area contributed by atoms with Crippen LogP contribution in [0, 0.1) is 11.8 Å². The Morgan fingerprint density at radius 1 is 1.14 bits per heavy atom. The van der Waals surface area contributed by atoms with Crippen LogP contribution in [0.5, 0.6) is 0 Å². The molecule has 8 heteroatoms. The molecule has 0 saturated carbocycles. The van der Waals surface area contributed by atoms with E-state index >= 15 is 0 Å². The molecule has 0 aliphatic heterocycles. The predicted molar refractivity (Wildman–Crippen MR) is 106 cm³/mol. The average molecular weight is 381 g/mol. The number of hydrogen-bond acceptors (Lipinski definition) is 4. The van der Waals surface area contributed by atoms with Crippen molar-refractivity contribution in [1.29, 1.82) is 0 Å². The summed E-state index contributed by atoms with van der Waals surface area (Å²) < 4.78 is 0. The number of nitrogens with zero attached hydrogens (tertiary/aromatic N) is 1. The molecule has 0 fully saturated rings. The fraction of sp³-hybridized carbons (Fsp3) is 0.150. The van der Waals surface area contributed by atoms with Crippen LogP contribution in [0.15, 0.2) is 35.9 Å². The molecular weight excluding hydrogens is 362 g/mol. The van der Waals surface area contributed by atoms with E-state index in [1.165, 1.54) is 28.5 Å². The lowest BCUT2D eigenvalue weighted by molar-refractivity contribution is -0.132. The van der Waals surface area contributed by atoms with Crippen molar-refractivity contribution in [3.8, 4) is 11.8 Å². The van der Waals surface area contributed by atoms with Gasteiger partial charge in [-0.05, 0) is 30.2 Å². The highest BCUT2D eigenvalue weighted by atomic mass is 16.4. The summed E-state index contributed by atoms with van der Waals surface area (Å²) in [5.41, 5.74) is 10.3. The smallest absolute Gasteiger partial charge is 0.382 e. The van der Waals surface area contributed by atoms with Crippen LogP contribution in [-0.4, -0.2) is 47.1 Å². The molecule has 144 valence electrons. The largest absolute Gasteiger partial charge is 0.472 e. The number of nitrogens with one attached hydrogen (secondary N) is 1. The number of aromatic amines is 1. The van der Waals surface area contributed by atoms with Crippen LogP contribution in [-0.2, 0) is 20.8 Å². The van der Waals surface area contributed by atoms with E-state index in [0.29, 0.717) is 5.57 Å². The maximum atomic E-state index is 11.4. The molecule has 1 aliphatic carbocycles. The first-order chi connectivity index (χ1) is 13.2. The second-order valence-electron chi connectivity index (χ2n) is 6.04. The van der Waals surface area contributed by atoms with Crippen molar-refractivity contribution in [1.82, 2.24) is 4.98 Å². The van der Waals surface area contributed by atoms with Gasteiger partial charge in [-0.2, -0.15) is 0 Å². The molecule has 0 atom stereocenters.